The van der Waals surface area contributed by atoms with E-state index in [1.165, 1.54) is 0 Å². The molecule has 4 rings (SSSR count). The zero-order chi connectivity index (χ0) is 22.4. The largest absolute Gasteiger partial charge is 0.673 e. The van der Waals surface area contributed by atoms with Gasteiger partial charge in [0.2, 0.25) is 0 Å². The molecule has 0 spiro atoms. The van der Waals surface area contributed by atoms with E-state index >= 15 is 0 Å². The smallest absolute Gasteiger partial charge is 0.418 e. The lowest BCUT2D eigenvalue weighted by molar-refractivity contribution is -0.575. The maximum absolute atomic E-state index is 12.3. The van der Waals surface area contributed by atoms with Gasteiger partial charge >= 0.3 is 25.1 Å². The molecule has 1 heterocycles. The molecule has 2 fully saturated rings. The molecule has 12 heteroatoms. The van der Waals surface area contributed by atoms with Crippen LogP contribution in [0.15, 0.2) is 34.3 Å². The van der Waals surface area contributed by atoms with Crippen molar-refractivity contribution in [1.82, 2.24) is 5.06 Å². The van der Waals surface area contributed by atoms with Gasteiger partial charge in [0.15, 0.2) is 0 Å². The number of hydrogen-bond donors (Lipinski definition) is 0. The Bertz CT molecular complexity index is 861. The van der Waals surface area contributed by atoms with Crippen molar-refractivity contribution in [2.45, 2.75) is 51.4 Å². The van der Waals surface area contributed by atoms with Gasteiger partial charge in [-0.05, 0) is 68.6 Å². The van der Waals surface area contributed by atoms with Crippen LogP contribution in [-0.4, -0.2) is 41.6 Å². The lowest BCUT2D eigenvalue weighted by Gasteiger charge is -1.98. The molecule has 1 aromatic rings. The summed E-state index contributed by atoms with van der Waals surface area (Å²) in [4.78, 5) is 38.6. The molecule has 0 unspecified atom stereocenters. The summed E-state index contributed by atoms with van der Waals surface area (Å²) >= 11 is 0. The molecule has 2 aliphatic carbocycles. The molecular formula is C19H20BF4N3O4. The number of nitrogens with zero attached hydrogens (tertiary/aromatic N) is 3. The van der Waals surface area contributed by atoms with Crippen LogP contribution in [0.1, 0.15) is 72.1 Å². The van der Waals surface area contributed by atoms with Gasteiger partial charge in [0.25, 0.3) is 0 Å². The number of benzene rings is 1. The number of carbonyl (C=O) groups is 2. The summed E-state index contributed by atoms with van der Waals surface area (Å²) in [5, 5.41) is 0.619. The number of halogens is 4. The summed E-state index contributed by atoms with van der Waals surface area (Å²) in [6, 6.07) is 6.63. The molecule has 1 aliphatic heterocycles. The molecule has 0 saturated heterocycles. The quantitative estimate of drug-likeness (QED) is 0.160. The normalized spacial score (nSPS) is 17.9. The van der Waals surface area contributed by atoms with Crippen LogP contribution in [0.2, 0.25) is 0 Å². The third-order valence-corrected chi connectivity index (χ3v) is 4.81. The molecule has 0 atom stereocenters. The van der Waals surface area contributed by atoms with E-state index in [1.54, 1.807) is 24.3 Å². The molecule has 7 nitrogen and oxygen atoms in total. The fourth-order valence-corrected chi connectivity index (χ4v) is 3.43. The lowest BCUT2D eigenvalue weighted by atomic mass is 10.1. The first-order valence-corrected chi connectivity index (χ1v) is 9.92. The first-order chi connectivity index (χ1) is 14.7. The number of carbonyl (C=O) groups excluding carboxylic acids is 3. The molecule has 0 bridgehead atoms. The molecular weight excluding hydrogens is 421 g/mol. The van der Waals surface area contributed by atoms with Crippen LogP contribution < -0.4 is 0 Å². The Kier molecular flexibility index (Phi) is 7.19. The van der Waals surface area contributed by atoms with Crippen molar-refractivity contribution < 1.29 is 36.4 Å². The van der Waals surface area contributed by atoms with Crippen LogP contribution in [0.5, 0.6) is 0 Å². The molecule has 0 N–H and O–H groups in total. The van der Waals surface area contributed by atoms with Crippen molar-refractivity contribution in [1.29, 1.82) is 0 Å². The second kappa shape index (κ2) is 9.84. The van der Waals surface area contributed by atoms with Crippen LogP contribution in [0.25, 0.3) is 0 Å². The number of urea groups is 1. The minimum absolute atomic E-state index is 0.0651. The number of hydrogen-bond acceptors (Lipinski definition) is 3. The average Bonchev–Trinajstić information content (AvgIpc) is 3.44. The van der Waals surface area contributed by atoms with Crippen molar-refractivity contribution in [3.63, 3.8) is 0 Å². The molecule has 1 aromatic carbocycles. The summed E-state index contributed by atoms with van der Waals surface area (Å²) in [6.07, 6.45) is 8.03. The number of amides is 4. The maximum atomic E-state index is 12.3. The number of aliphatic imine (C=N–C) groups is 2. The Labute approximate surface area is 175 Å². The van der Waals surface area contributed by atoms with Crippen LogP contribution in [0, 0.1) is 0 Å². The molecule has 0 radical (unpaired) electrons. The highest BCUT2D eigenvalue weighted by molar-refractivity contribution is 6.50. The van der Waals surface area contributed by atoms with Crippen molar-refractivity contribution >= 4 is 36.5 Å². The minimum atomic E-state index is -6.00. The van der Waals surface area contributed by atoms with Gasteiger partial charge in [-0.2, -0.15) is 0 Å². The Hall–Kier alpha value is -3.05. The van der Waals surface area contributed by atoms with Crippen LogP contribution in [-0.2, 0) is 4.99 Å². The van der Waals surface area contributed by atoms with E-state index < -0.39 is 19.1 Å². The fourth-order valence-electron chi connectivity index (χ4n) is 3.43. The van der Waals surface area contributed by atoms with Crippen molar-refractivity contribution in [2.24, 2.45) is 9.98 Å². The maximum Gasteiger partial charge on any atom is 0.673 e. The third kappa shape index (κ3) is 6.47. The van der Waals surface area contributed by atoms with Gasteiger partial charge < -0.3 is 17.3 Å². The minimum Gasteiger partial charge on any atom is -0.418 e. The number of rotatable bonds is 2. The van der Waals surface area contributed by atoms with Gasteiger partial charge in [0.05, 0.1) is 11.1 Å². The molecule has 4 amide bonds. The zero-order valence-electron chi connectivity index (χ0n) is 16.5. The highest BCUT2D eigenvalue weighted by Gasteiger charge is 2.41. The van der Waals surface area contributed by atoms with Gasteiger partial charge in [-0.1, -0.05) is 12.1 Å². The Morgan fingerprint density at radius 2 is 1.23 bits per heavy atom. The van der Waals surface area contributed by atoms with E-state index in [0.717, 1.165) is 62.8 Å². The highest BCUT2D eigenvalue weighted by atomic mass is 19.5. The molecule has 31 heavy (non-hydrogen) atoms. The zero-order valence-corrected chi connectivity index (χ0v) is 16.5. The highest BCUT2D eigenvalue weighted by Crippen LogP contribution is 2.24. The van der Waals surface area contributed by atoms with E-state index in [1.807, 2.05) is 0 Å². The topological polar surface area (TPSA) is 82.6 Å². The molecule has 2 saturated carbocycles. The second-order valence-electron chi connectivity index (χ2n) is 7.16. The Balaban J connectivity index is 0.000000491. The number of fused-ring (bicyclic) bond motifs is 1. The molecule has 3 aliphatic rings. The summed E-state index contributed by atoms with van der Waals surface area (Å²) in [6.45, 7) is 0. The van der Waals surface area contributed by atoms with Crippen molar-refractivity contribution in [3.05, 3.63) is 35.4 Å². The Morgan fingerprint density at radius 1 is 0.839 bits per heavy atom. The fraction of sp³-hybridized carbons (Fsp3) is 0.421. The van der Waals surface area contributed by atoms with E-state index in [0.29, 0.717) is 16.2 Å². The standard InChI is InChI=1S/C19H20N3O4.BF4/c23-17-15-11-5-6-12-16(15)18(24)22(17)26-25-19(20-13-7-1-2-8-13)21-14-9-3-4-10-14;2-1(3,4)5/h5-6,11-12H,1-4,7-10H2;/q+1;-1. The second-order valence-corrected chi connectivity index (χ2v) is 7.16. The van der Waals surface area contributed by atoms with Gasteiger partial charge in [-0.25, -0.2) is 0 Å². The van der Waals surface area contributed by atoms with E-state index in [9.17, 15) is 26.9 Å². The first kappa shape index (κ1) is 22.6. The van der Waals surface area contributed by atoms with Gasteiger partial charge in [-0.15, -0.1) is 9.98 Å². The van der Waals surface area contributed by atoms with Crippen molar-refractivity contribution in [2.75, 3.05) is 0 Å². The third-order valence-electron chi connectivity index (χ3n) is 4.81. The summed E-state index contributed by atoms with van der Waals surface area (Å²) in [7, 11) is -6.00. The predicted molar refractivity (Wildman–Crippen MR) is 105 cm³/mol. The van der Waals surface area contributed by atoms with E-state index in [-0.39, 0.29) is 6.03 Å². The van der Waals surface area contributed by atoms with Gasteiger partial charge in [0, 0.05) is 16.4 Å². The predicted octanol–water partition coefficient (Wildman–Crippen LogP) is 5.11. The summed E-state index contributed by atoms with van der Waals surface area (Å²) < 4.78 is 44.2. The first-order valence-electron chi connectivity index (χ1n) is 9.92. The van der Waals surface area contributed by atoms with E-state index in [2.05, 4.69) is 9.98 Å². The Morgan fingerprint density at radius 3 is 1.61 bits per heavy atom. The summed E-state index contributed by atoms with van der Waals surface area (Å²) in [5.41, 5.74) is 2.61. The van der Waals surface area contributed by atoms with Crippen LogP contribution >= 0.6 is 0 Å². The number of hydroxylamine groups is 2. The summed E-state index contributed by atoms with van der Waals surface area (Å²) in [5.74, 6) is -1.10. The van der Waals surface area contributed by atoms with Crippen LogP contribution in [0.3, 0.4) is 0 Å². The average molecular weight is 441 g/mol. The van der Waals surface area contributed by atoms with E-state index in [4.69, 9.17) is 9.56 Å². The SMILES string of the molecule is F[B-](F)(F)F.O=C1c2ccccc2C(=O)N1O[O+]=C(N=C1CCCC1)N=C1CCCC1. The van der Waals surface area contributed by atoms with Gasteiger partial charge in [-0.3, -0.25) is 9.59 Å². The van der Waals surface area contributed by atoms with Crippen molar-refractivity contribution in [3.8, 4) is 0 Å². The number of imide groups is 1. The van der Waals surface area contributed by atoms with Gasteiger partial charge in [0.1, 0.15) is 4.58 Å². The molecule has 0 aromatic heterocycles. The molecule has 166 valence electrons. The van der Waals surface area contributed by atoms with Crippen LogP contribution in [0.4, 0.5) is 21.8 Å². The monoisotopic (exact) mass is 441 g/mol. The lowest BCUT2D eigenvalue weighted by Crippen LogP contribution is -2.27.